The Morgan fingerprint density at radius 2 is 1.20 bits per heavy atom. The first kappa shape index (κ1) is 57.8. The molecule has 0 spiro atoms. The van der Waals surface area contributed by atoms with Crippen LogP contribution in [0.5, 0.6) is 0 Å². The Labute approximate surface area is 431 Å². The average molecular weight is 1070 g/mol. The minimum Gasteiger partial charge on any atom is -0.394 e. The fraction of sp³-hybridized carbons (Fsp3) is 1.00. The van der Waals surface area contributed by atoms with Gasteiger partial charge in [0, 0.05) is 19.4 Å². The summed E-state index contributed by atoms with van der Waals surface area (Å²) < 4.78 is 61.0. The van der Waals surface area contributed by atoms with Gasteiger partial charge in [-0.1, -0.05) is 27.7 Å². The van der Waals surface area contributed by atoms with Gasteiger partial charge in [0.15, 0.2) is 30.9 Å². The van der Waals surface area contributed by atoms with E-state index in [1.807, 2.05) is 6.92 Å². The van der Waals surface area contributed by atoms with Crippen molar-refractivity contribution in [2.45, 2.75) is 227 Å². The number of methoxy groups -OCH3 is 1. The van der Waals surface area contributed by atoms with E-state index in [2.05, 4.69) is 20.8 Å². The van der Waals surface area contributed by atoms with Crippen LogP contribution in [0.3, 0.4) is 0 Å². The normalized spacial score (nSPS) is 55.0. The molecule has 5 heterocycles. The Kier molecular flexibility index (Phi) is 17.9. The predicted octanol–water partition coefficient (Wildman–Crippen LogP) is -2.66. The lowest BCUT2D eigenvalue weighted by Crippen LogP contribution is -2.66. The summed E-state index contributed by atoms with van der Waals surface area (Å²) in [5.41, 5.74) is 0.0398. The summed E-state index contributed by atoms with van der Waals surface area (Å²) in [6, 6.07) is 0. The van der Waals surface area contributed by atoms with Gasteiger partial charge in [-0.2, -0.15) is 0 Å². The number of aliphatic hydroxyl groups excluding tert-OH is 13. The van der Waals surface area contributed by atoms with Gasteiger partial charge in [0.05, 0.1) is 45.2 Å². The second-order valence-corrected chi connectivity index (χ2v) is 24.0. The number of aliphatic hydroxyl groups is 13. The third kappa shape index (κ3) is 10.3. The molecular weight excluding hydrogens is 981 g/mol. The maximum Gasteiger partial charge on any atom is 0.187 e. The average Bonchev–Trinajstić information content (AvgIpc) is 3.86. The van der Waals surface area contributed by atoms with Crippen molar-refractivity contribution in [3.63, 3.8) is 0 Å². The maximum atomic E-state index is 12.0. The molecule has 4 aliphatic carbocycles. The van der Waals surface area contributed by atoms with Crippen LogP contribution in [0.2, 0.25) is 0 Å². The van der Waals surface area contributed by atoms with Crippen LogP contribution in [-0.2, 0) is 47.4 Å². The molecular formula is C51H86O23. The summed E-state index contributed by atoms with van der Waals surface area (Å²) in [7, 11) is 1.72. The van der Waals surface area contributed by atoms with Gasteiger partial charge in [-0.25, -0.2) is 0 Å². The molecule has 23 heteroatoms. The van der Waals surface area contributed by atoms with Crippen LogP contribution in [0, 0.1) is 52.3 Å². The number of rotatable bonds is 16. The second kappa shape index (κ2) is 22.9. The highest BCUT2D eigenvalue weighted by molar-refractivity contribution is 5.15. The Balaban J connectivity index is 0.839. The molecule has 5 aliphatic heterocycles. The quantitative estimate of drug-likeness (QED) is 0.0702. The Hall–Kier alpha value is -0.920. The molecule has 13 N–H and O–H groups in total. The van der Waals surface area contributed by atoms with Crippen LogP contribution in [0.1, 0.15) is 91.9 Å². The van der Waals surface area contributed by atoms with Crippen LogP contribution in [0.25, 0.3) is 0 Å². The van der Waals surface area contributed by atoms with Crippen molar-refractivity contribution >= 4 is 0 Å². The second-order valence-electron chi connectivity index (χ2n) is 24.0. The van der Waals surface area contributed by atoms with Gasteiger partial charge in [0.2, 0.25) is 0 Å². The van der Waals surface area contributed by atoms with E-state index in [1.54, 1.807) is 7.11 Å². The monoisotopic (exact) mass is 1070 g/mol. The van der Waals surface area contributed by atoms with Gasteiger partial charge in [0.25, 0.3) is 0 Å². The first-order valence-corrected chi connectivity index (χ1v) is 27.2. The minimum atomic E-state index is -1.84. The van der Waals surface area contributed by atoms with Crippen LogP contribution < -0.4 is 0 Å². The maximum absolute atomic E-state index is 12.0. The van der Waals surface area contributed by atoms with Gasteiger partial charge in [-0.15, -0.1) is 0 Å². The molecule has 0 bridgehead atoms. The molecule has 31 atom stereocenters. The SMILES string of the molecule is CO[C@]1(CC[C@H](C)CO[C@@H]2O[C@H](CO)[C@@H](O)[C@H](O)[C@H]2O)O[C@H]2C[C@H]3[C@@H]4CC[C@@H]5C[C@@H](O[C@@H]6O[C@H](CO)[C@@H](O[C@@H]7OC[C@H](O)[C@H](O)[C@H]7O)[C@H](O)[C@H]6O[C@@H]6O[C@H](CO)[C@@H](O)[C@H](O)[C@H]6O)CC[C@]5(C)[C@H]4CC[C@]3(C)[C@H]2[C@@H]1C. The molecule has 428 valence electrons. The van der Waals surface area contributed by atoms with Gasteiger partial charge in [-0.3, -0.25) is 0 Å². The molecule has 9 fully saturated rings. The zero-order valence-electron chi connectivity index (χ0n) is 43.2. The molecule has 0 aromatic carbocycles. The van der Waals surface area contributed by atoms with E-state index in [4.69, 9.17) is 47.4 Å². The fourth-order valence-corrected chi connectivity index (χ4v) is 15.7. The highest BCUT2D eigenvalue weighted by Gasteiger charge is 2.69. The van der Waals surface area contributed by atoms with Crippen molar-refractivity contribution in [1.29, 1.82) is 0 Å². The Morgan fingerprint density at radius 1 is 0.595 bits per heavy atom. The lowest BCUT2D eigenvalue weighted by atomic mass is 9.44. The van der Waals surface area contributed by atoms with Crippen molar-refractivity contribution < 1.29 is 114 Å². The van der Waals surface area contributed by atoms with Crippen molar-refractivity contribution in [2.75, 3.05) is 40.1 Å². The van der Waals surface area contributed by atoms with Crippen molar-refractivity contribution in [3.05, 3.63) is 0 Å². The summed E-state index contributed by atoms with van der Waals surface area (Å²) in [6.07, 6.45) is -20.6. The molecule has 23 nitrogen and oxygen atoms in total. The van der Waals surface area contributed by atoms with E-state index < -0.39 is 155 Å². The summed E-state index contributed by atoms with van der Waals surface area (Å²) in [6.45, 7) is 7.03. The van der Waals surface area contributed by atoms with Crippen LogP contribution >= 0.6 is 0 Å². The summed E-state index contributed by atoms with van der Waals surface area (Å²) in [4.78, 5) is 0. The summed E-state index contributed by atoms with van der Waals surface area (Å²) >= 11 is 0. The standard InChI is InChI=1S/C51H86O23/c1-21(19-66-45-40(62)37(59)35(57)30(16-52)69-45)8-13-51(65-5)22(2)33-29(74-51)15-27-25-7-6-23-14-24(9-11-49(23,3)26(25)10-12-50(27,33)4)68-48-44(73-47-41(63)38(60)36(58)31(17-53)70-47)42(64)43(32(18-54)71-48)72-46-39(61)34(56)28(55)20-67-46/h21-48,52-64H,6-20H2,1-5H3/t21-,22-,23+,24-,25+,26-,27-,28-,29-,30+,31+,32+,33-,34-,35+,36+,37-,38-,39+,40+,41+,42-,43+,44+,45+,46-,47-,48+,49-,50-,51+/m0/s1. The zero-order valence-corrected chi connectivity index (χ0v) is 43.2. The molecule has 0 unspecified atom stereocenters. The number of hydrogen-bond donors (Lipinski definition) is 13. The third-order valence-corrected chi connectivity index (χ3v) is 20.0. The molecule has 4 saturated carbocycles. The smallest absolute Gasteiger partial charge is 0.187 e. The van der Waals surface area contributed by atoms with Gasteiger partial charge < -0.3 is 114 Å². The van der Waals surface area contributed by atoms with E-state index in [0.29, 0.717) is 49.4 Å². The van der Waals surface area contributed by atoms with E-state index in [9.17, 15) is 66.4 Å². The largest absolute Gasteiger partial charge is 0.394 e. The van der Waals surface area contributed by atoms with E-state index in [-0.39, 0.29) is 41.3 Å². The molecule has 74 heavy (non-hydrogen) atoms. The van der Waals surface area contributed by atoms with Crippen molar-refractivity contribution in [3.8, 4) is 0 Å². The first-order chi connectivity index (χ1) is 35.1. The highest BCUT2D eigenvalue weighted by Crippen LogP contribution is 2.71. The van der Waals surface area contributed by atoms with Crippen LogP contribution in [0.15, 0.2) is 0 Å². The number of ether oxygens (including phenoxy) is 10. The van der Waals surface area contributed by atoms with Gasteiger partial charge in [0.1, 0.15) is 91.6 Å². The van der Waals surface area contributed by atoms with Gasteiger partial charge >= 0.3 is 0 Å². The Morgan fingerprint density at radius 3 is 1.86 bits per heavy atom. The lowest BCUT2D eigenvalue weighted by Gasteiger charge is -2.61. The molecule has 5 saturated heterocycles. The molecule has 0 radical (unpaired) electrons. The Bertz CT molecular complexity index is 1840. The first-order valence-electron chi connectivity index (χ1n) is 27.2. The summed E-state index contributed by atoms with van der Waals surface area (Å²) in [5, 5.41) is 136. The topological polar surface area (TPSA) is 355 Å². The van der Waals surface area contributed by atoms with Crippen LogP contribution in [-0.4, -0.2) is 241 Å². The van der Waals surface area contributed by atoms with E-state index >= 15 is 0 Å². The van der Waals surface area contributed by atoms with Crippen molar-refractivity contribution in [1.82, 2.24) is 0 Å². The molecule has 9 rings (SSSR count). The van der Waals surface area contributed by atoms with E-state index in [1.165, 1.54) is 0 Å². The molecule has 0 aromatic rings. The van der Waals surface area contributed by atoms with Crippen molar-refractivity contribution in [2.24, 2.45) is 52.3 Å². The zero-order chi connectivity index (χ0) is 53.3. The molecule has 9 aliphatic rings. The molecule has 0 aromatic heterocycles. The fourth-order valence-electron chi connectivity index (χ4n) is 15.7. The third-order valence-electron chi connectivity index (χ3n) is 20.0. The number of fused-ring (bicyclic) bond motifs is 7. The lowest BCUT2D eigenvalue weighted by molar-refractivity contribution is -0.388. The predicted molar refractivity (Wildman–Crippen MR) is 250 cm³/mol. The minimum absolute atomic E-state index is 0.00307. The highest BCUT2D eigenvalue weighted by atomic mass is 16.8. The number of hydrogen-bond acceptors (Lipinski definition) is 23. The van der Waals surface area contributed by atoms with Gasteiger partial charge in [-0.05, 0) is 104 Å². The van der Waals surface area contributed by atoms with Crippen LogP contribution in [0.4, 0.5) is 0 Å². The molecule has 0 amide bonds. The summed E-state index contributed by atoms with van der Waals surface area (Å²) in [5.74, 6) is 1.32. The van der Waals surface area contributed by atoms with E-state index in [0.717, 1.165) is 38.5 Å².